The zero-order valence-corrected chi connectivity index (χ0v) is 17.3. The van der Waals surface area contributed by atoms with E-state index in [1.54, 1.807) is 0 Å². The lowest BCUT2D eigenvalue weighted by molar-refractivity contribution is -0.0480. The number of carbonyl (C=O) groups excluding carboxylic acids is 1. The molecule has 3 aliphatic heterocycles. The fraction of sp³-hybridized carbons (Fsp3) is 0.542. The molecule has 30 heavy (non-hydrogen) atoms. The van der Waals surface area contributed by atoms with Gasteiger partial charge in [-0.2, -0.15) is 0 Å². The summed E-state index contributed by atoms with van der Waals surface area (Å²) < 4.78 is 16.9. The number of amides is 1. The summed E-state index contributed by atoms with van der Waals surface area (Å²) in [5.41, 5.74) is 1.82. The number of furan rings is 1. The highest BCUT2D eigenvalue weighted by Gasteiger charge is 2.51. The number of aryl methyl sites for hydroxylation is 2. The average Bonchev–Trinajstić information content (AvgIpc) is 3.41. The van der Waals surface area contributed by atoms with Crippen molar-refractivity contribution in [2.75, 3.05) is 6.79 Å². The van der Waals surface area contributed by atoms with Crippen LogP contribution in [0.25, 0.3) is 0 Å². The molecule has 1 amide bonds. The van der Waals surface area contributed by atoms with Gasteiger partial charge in [0.1, 0.15) is 11.5 Å². The highest BCUT2D eigenvalue weighted by Crippen LogP contribution is 2.48. The Morgan fingerprint density at radius 3 is 2.63 bits per heavy atom. The Hall–Kier alpha value is -2.47. The van der Waals surface area contributed by atoms with E-state index in [1.165, 1.54) is 0 Å². The van der Waals surface area contributed by atoms with Gasteiger partial charge in [0, 0.05) is 36.9 Å². The van der Waals surface area contributed by atoms with Gasteiger partial charge in [0.05, 0.1) is 11.2 Å². The van der Waals surface area contributed by atoms with Crippen molar-refractivity contribution in [3.8, 4) is 11.5 Å². The minimum absolute atomic E-state index is 0.0419. The zero-order chi connectivity index (χ0) is 20.5. The molecule has 2 saturated heterocycles. The third kappa shape index (κ3) is 2.62. The van der Waals surface area contributed by atoms with E-state index < -0.39 is 5.60 Å². The molecule has 0 spiro atoms. The lowest BCUT2D eigenvalue weighted by atomic mass is 9.80. The number of benzene rings is 1. The molecular formula is C24H27NO5. The number of hydrogen-bond donors (Lipinski definition) is 1. The molecule has 1 aliphatic carbocycles. The van der Waals surface area contributed by atoms with Gasteiger partial charge in [-0.05, 0) is 56.7 Å². The molecule has 2 fully saturated rings. The van der Waals surface area contributed by atoms with Gasteiger partial charge in [0.2, 0.25) is 6.79 Å². The van der Waals surface area contributed by atoms with E-state index in [9.17, 15) is 9.90 Å². The minimum Gasteiger partial charge on any atom is -0.465 e. The third-order valence-corrected chi connectivity index (χ3v) is 7.47. The Kier molecular flexibility index (Phi) is 3.97. The van der Waals surface area contributed by atoms with Crippen LogP contribution in [0.1, 0.15) is 71.5 Å². The van der Waals surface area contributed by atoms with Crippen LogP contribution in [0, 0.1) is 6.92 Å². The second-order valence-corrected chi connectivity index (χ2v) is 9.25. The normalized spacial score (nSPS) is 29.2. The fourth-order valence-corrected chi connectivity index (χ4v) is 6.09. The van der Waals surface area contributed by atoms with Crippen LogP contribution in [0.2, 0.25) is 0 Å². The van der Waals surface area contributed by atoms with E-state index >= 15 is 0 Å². The van der Waals surface area contributed by atoms with Crippen LogP contribution >= 0.6 is 0 Å². The lowest BCUT2D eigenvalue weighted by Crippen LogP contribution is -2.52. The van der Waals surface area contributed by atoms with E-state index in [-0.39, 0.29) is 24.8 Å². The van der Waals surface area contributed by atoms with Crippen molar-refractivity contribution in [2.24, 2.45) is 0 Å². The predicted molar refractivity (Wildman–Crippen MR) is 109 cm³/mol. The first-order chi connectivity index (χ1) is 14.5. The number of nitrogens with zero attached hydrogens (tertiary/aromatic N) is 1. The molecule has 6 heteroatoms. The summed E-state index contributed by atoms with van der Waals surface area (Å²) in [4.78, 5) is 15.7. The summed E-state index contributed by atoms with van der Waals surface area (Å²) in [6.45, 7) is 2.14. The van der Waals surface area contributed by atoms with Crippen molar-refractivity contribution in [1.29, 1.82) is 0 Å². The van der Waals surface area contributed by atoms with E-state index in [1.807, 2.05) is 30.0 Å². The Bertz CT molecular complexity index is 1010. The molecule has 0 radical (unpaired) electrons. The quantitative estimate of drug-likeness (QED) is 0.816. The first-order valence-corrected chi connectivity index (χ1v) is 11.1. The maximum absolute atomic E-state index is 13.7. The number of hydrogen-bond acceptors (Lipinski definition) is 5. The number of aliphatic hydroxyl groups is 1. The molecule has 1 aromatic carbocycles. The summed E-state index contributed by atoms with van der Waals surface area (Å²) in [5.74, 6) is 3.26. The Morgan fingerprint density at radius 1 is 1.10 bits per heavy atom. The van der Waals surface area contributed by atoms with E-state index in [0.29, 0.717) is 18.6 Å². The molecule has 1 aromatic heterocycles. The van der Waals surface area contributed by atoms with Crippen molar-refractivity contribution >= 4 is 5.91 Å². The standard InChI is InChI=1S/C24H27NO5/c1-14-22(18-4-2-3-5-19(18)30-14)23(26)25-16-7-8-17(25)12-24(27,11-16)15-6-9-20-21(10-15)29-13-28-20/h6,9-10,16-17,27H,2-5,7-8,11-13H2,1H3/t16-,17-/m0/s1. The molecule has 4 heterocycles. The van der Waals surface area contributed by atoms with Crippen molar-refractivity contribution in [1.82, 2.24) is 4.90 Å². The molecule has 2 bridgehead atoms. The molecule has 158 valence electrons. The molecule has 2 aromatic rings. The van der Waals surface area contributed by atoms with Crippen LogP contribution in [0.15, 0.2) is 22.6 Å². The summed E-state index contributed by atoms with van der Waals surface area (Å²) in [5, 5.41) is 11.6. The number of ether oxygens (including phenoxy) is 2. The minimum atomic E-state index is -0.950. The molecular weight excluding hydrogens is 382 g/mol. The van der Waals surface area contributed by atoms with Gasteiger partial charge in [-0.1, -0.05) is 6.07 Å². The molecule has 0 saturated carbocycles. The van der Waals surface area contributed by atoms with Crippen LogP contribution in [-0.4, -0.2) is 34.8 Å². The number of rotatable bonds is 2. The molecule has 1 N–H and O–H groups in total. The maximum Gasteiger partial charge on any atom is 0.258 e. The largest absolute Gasteiger partial charge is 0.465 e. The first-order valence-electron chi connectivity index (χ1n) is 11.1. The van der Waals surface area contributed by atoms with Crippen molar-refractivity contribution in [3.63, 3.8) is 0 Å². The summed E-state index contributed by atoms with van der Waals surface area (Å²) in [6, 6.07) is 5.79. The van der Waals surface area contributed by atoms with Crippen LogP contribution in [-0.2, 0) is 18.4 Å². The maximum atomic E-state index is 13.7. The highest BCUT2D eigenvalue weighted by atomic mass is 16.7. The van der Waals surface area contributed by atoms with Gasteiger partial charge in [0.15, 0.2) is 11.5 Å². The van der Waals surface area contributed by atoms with Gasteiger partial charge in [-0.15, -0.1) is 0 Å². The Morgan fingerprint density at radius 2 is 1.83 bits per heavy atom. The molecule has 0 unspecified atom stereocenters. The smallest absolute Gasteiger partial charge is 0.258 e. The Balaban J connectivity index is 1.30. The van der Waals surface area contributed by atoms with Crippen LogP contribution < -0.4 is 9.47 Å². The summed E-state index contributed by atoms with van der Waals surface area (Å²) in [7, 11) is 0. The van der Waals surface area contributed by atoms with E-state index in [2.05, 4.69) is 0 Å². The van der Waals surface area contributed by atoms with Gasteiger partial charge in [-0.25, -0.2) is 0 Å². The van der Waals surface area contributed by atoms with Gasteiger partial charge in [0.25, 0.3) is 5.91 Å². The average molecular weight is 409 g/mol. The molecule has 4 aliphatic rings. The summed E-state index contributed by atoms with van der Waals surface area (Å²) in [6.07, 6.45) is 7.07. The number of carbonyl (C=O) groups is 1. The highest BCUT2D eigenvalue weighted by molar-refractivity contribution is 5.97. The lowest BCUT2D eigenvalue weighted by Gasteiger charge is -2.44. The van der Waals surface area contributed by atoms with Gasteiger partial charge in [-0.3, -0.25) is 4.79 Å². The third-order valence-electron chi connectivity index (χ3n) is 7.47. The Labute approximate surface area is 175 Å². The van der Waals surface area contributed by atoms with Crippen LogP contribution in [0.4, 0.5) is 0 Å². The van der Waals surface area contributed by atoms with E-state index in [4.69, 9.17) is 13.9 Å². The monoisotopic (exact) mass is 409 g/mol. The SMILES string of the molecule is Cc1oc2c(c1C(=O)N1[C@H]3CC[C@H]1CC(O)(c1ccc4c(c1)OCO4)C3)CCCC2. The summed E-state index contributed by atoms with van der Waals surface area (Å²) >= 11 is 0. The van der Waals surface area contributed by atoms with Crippen molar-refractivity contribution in [2.45, 2.75) is 76.0 Å². The van der Waals surface area contributed by atoms with Crippen molar-refractivity contribution < 1.29 is 23.8 Å². The predicted octanol–water partition coefficient (Wildman–Crippen LogP) is 3.85. The van der Waals surface area contributed by atoms with E-state index in [0.717, 1.165) is 72.5 Å². The first kappa shape index (κ1) is 18.3. The molecule has 6 nitrogen and oxygen atoms in total. The van der Waals surface area contributed by atoms with Gasteiger partial charge < -0.3 is 23.9 Å². The zero-order valence-electron chi connectivity index (χ0n) is 17.3. The number of fused-ring (bicyclic) bond motifs is 4. The topological polar surface area (TPSA) is 72.1 Å². The number of piperidine rings is 1. The van der Waals surface area contributed by atoms with Crippen LogP contribution in [0.5, 0.6) is 11.5 Å². The molecule has 6 rings (SSSR count). The van der Waals surface area contributed by atoms with Crippen LogP contribution in [0.3, 0.4) is 0 Å². The molecule has 2 atom stereocenters. The van der Waals surface area contributed by atoms with Gasteiger partial charge >= 0.3 is 0 Å². The fourth-order valence-electron chi connectivity index (χ4n) is 6.09. The second kappa shape index (κ2) is 6.51. The van der Waals surface area contributed by atoms with Crippen molar-refractivity contribution in [3.05, 3.63) is 46.4 Å². The second-order valence-electron chi connectivity index (χ2n) is 9.25.